The van der Waals surface area contributed by atoms with Gasteiger partial charge in [0.15, 0.2) is 0 Å². The van der Waals surface area contributed by atoms with E-state index in [1.807, 2.05) is 12.3 Å². The van der Waals surface area contributed by atoms with E-state index in [-0.39, 0.29) is 5.54 Å². The van der Waals surface area contributed by atoms with Crippen molar-refractivity contribution in [2.75, 3.05) is 6.54 Å². The predicted molar refractivity (Wildman–Crippen MR) is 56.9 cm³/mol. The van der Waals surface area contributed by atoms with Gasteiger partial charge in [-0.1, -0.05) is 6.92 Å². The number of H-pyrrole nitrogens is 1. The standard InChI is InChI=1S/C11H20N2/c1-4-11(2,3)13-9-7-10-6-5-8-12-10/h5-6,8,12-13H,4,7,9H2,1-3H3. The molecule has 0 unspecified atom stereocenters. The van der Waals surface area contributed by atoms with Gasteiger partial charge < -0.3 is 10.3 Å². The largest absolute Gasteiger partial charge is 0.365 e. The van der Waals surface area contributed by atoms with Crippen LogP contribution in [0.25, 0.3) is 0 Å². The quantitative estimate of drug-likeness (QED) is 0.715. The number of hydrogen-bond acceptors (Lipinski definition) is 1. The van der Waals surface area contributed by atoms with E-state index in [0.717, 1.165) is 19.4 Å². The number of aromatic amines is 1. The van der Waals surface area contributed by atoms with Crippen LogP contribution in [0.15, 0.2) is 18.3 Å². The molecule has 0 radical (unpaired) electrons. The molecule has 0 aliphatic rings. The molecule has 2 nitrogen and oxygen atoms in total. The van der Waals surface area contributed by atoms with E-state index in [9.17, 15) is 0 Å². The van der Waals surface area contributed by atoms with Crippen molar-refractivity contribution in [1.82, 2.24) is 10.3 Å². The van der Waals surface area contributed by atoms with Gasteiger partial charge in [-0.3, -0.25) is 0 Å². The Balaban J connectivity index is 2.21. The van der Waals surface area contributed by atoms with Gasteiger partial charge in [-0.15, -0.1) is 0 Å². The molecular formula is C11H20N2. The average Bonchev–Trinajstić information content (AvgIpc) is 2.57. The summed E-state index contributed by atoms with van der Waals surface area (Å²) in [4.78, 5) is 3.20. The third kappa shape index (κ3) is 3.64. The van der Waals surface area contributed by atoms with Crippen molar-refractivity contribution in [2.45, 2.75) is 39.2 Å². The highest BCUT2D eigenvalue weighted by atomic mass is 14.9. The zero-order valence-corrected chi connectivity index (χ0v) is 8.85. The molecule has 1 aromatic heterocycles. The summed E-state index contributed by atoms with van der Waals surface area (Å²) in [5, 5.41) is 3.53. The van der Waals surface area contributed by atoms with Gasteiger partial charge in [0.1, 0.15) is 0 Å². The topological polar surface area (TPSA) is 27.8 Å². The van der Waals surface area contributed by atoms with Crippen LogP contribution in [0, 0.1) is 0 Å². The highest BCUT2D eigenvalue weighted by Crippen LogP contribution is 2.06. The van der Waals surface area contributed by atoms with Gasteiger partial charge >= 0.3 is 0 Å². The Morgan fingerprint density at radius 1 is 1.46 bits per heavy atom. The Hall–Kier alpha value is -0.760. The van der Waals surface area contributed by atoms with Crippen molar-refractivity contribution in [3.8, 4) is 0 Å². The van der Waals surface area contributed by atoms with Gasteiger partial charge in [-0.05, 0) is 38.8 Å². The molecule has 0 aromatic carbocycles. The molecule has 0 aliphatic heterocycles. The van der Waals surface area contributed by atoms with Gasteiger partial charge in [0.05, 0.1) is 0 Å². The van der Waals surface area contributed by atoms with Crippen molar-refractivity contribution in [3.63, 3.8) is 0 Å². The lowest BCUT2D eigenvalue weighted by molar-refractivity contribution is 0.379. The molecule has 0 amide bonds. The van der Waals surface area contributed by atoms with Crippen LogP contribution in [0.1, 0.15) is 32.9 Å². The fraction of sp³-hybridized carbons (Fsp3) is 0.636. The molecule has 0 atom stereocenters. The van der Waals surface area contributed by atoms with Crippen LogP contribution >= 0.6 is 0 Å². The highest BCUT2D eigenvalue weighted by Gasteiger charge is 2.12. The van der Waals surface area contributed by atoms with Crippen LogP contribution < -0.4 is 5.32 Å². The molecule has 2 N–H and O–H groups in total. The molecular weight excluding hydrogens is 160 g/mol. The number of hydrogen-bond donors (Lipinski definition) is 2. The van der Waals surface area contributed by atoms with Gasteiger partial charge in [0, 0.05) is 24.0 Å². The molecule has 1 heterocycles. The van der Waals surface area contributed by atoms with Crippen LogP contribution in [0.5, 0.6) is 0 Å². The van der Waals surface area contributed by atoms with Gasteiger partial charge in [-0.25, -0.2) is 0 Å². The molecule has 2 heteroatoms. The van der Waals surface area contributed by atoms with Crippen molar-refractivity contribution in [1.29, 1.82) is 0 Å². The molecule has 0 spiro atoms. The van der Waals surface area contributed by atoms with Crippen molar-refractivity contribution >= 4 is 0 Å². The molecule has 74 valence electrons. The predicted octanol–water partition coefficient (Wildman–Crippen LogP) is 2.34. The third-order valence-electron chi connectivity index (χ3n) is 2.54. The molecule has 0 saturated carbocycles. The zero-order valence-electron chi connectivity index (χ0n) is 8.85. The maximum Gasteiger partial charge on any atom is 0.0159 e. The van der Waals surface area contributed by atoms with E-state index in [2.05, 4.69) is 37.1 Å². The number of nitrogens with one attached hydrogen (secondary N) is 2. The van der Waals surface area contributed by atoms with Gasteiger partial charge in [0.2, 0.25) is 0 Å². The van der Waals surface area contributed by atoms with E-state index in [1.165, 1.54) is 5.69 Å². The Bertz CT molecular complexity index is 224. The van der Waals surface area contributed by atoms with E-state index in [4.69, 9.17) is 0 Å². The fourth-order valence-corrected chi connectivity index (χ4v) is 1.18. The summed E-state index contributed by atoms with van der Waals surface area (Å²) >= 11 is 0. The summed E-state index contributed by atoms with van der Waals surface area (Å²) in [7, 11) is 0. The smallest absolute Gasteiger partial charge is 0.0159 e. The zero-order chi connectivity index (χ0) is 9.73. The van der Waals surface area contributed by atoms with E-state index >= 15 is 0 Å². The first-order valence-corrected chi connectivity index (χ1v) is 5.01. The Labute approximate surface area is 80.7 Å². The summed E-state index contributed by atoms with van der Waals surface area (Å²) in [5.41, 5.74) is 1.58. The van der Waals surface area contributed by atoms with Gasteiger partial charge in [-0.2, -0.15) is 0 Å². The maximum absolute atomic E-state index is 3.53. The van der Waals surface area contributed by atoms with E-state index < -0.39 is 0 Å². The van der Waals surface area contributed by atoms with Crippen LogP contribution in [0.2, 0.25) is 0 Å². The Morgan fingerprint density at radius 3 is 2.77 bits per heavy atom. The molecule has 0 fully saturated rings. The second-order valence-corrected chi connectivity index (χ2v) is 4.11. The molecule has 1 aromatic rings. The highest BCUT2D eigenvalue weighted by molar-refractivity contribution is 5.03. The maximum atomic E-state index is 3.53. The second-order valence-electron chi connectivity index (χ2n) is 4.11. The van der Waals surface area contributed by atoms with Crippen LogP contribution in [0.3, 0.4) is 0 Å². The van der Waals surface area contributed by atoms with E-state index in [1.54, 1.807) is 0 Å². The van der Waals surface area contributed by atoms with Gasteiger partial charge in [0.25, 0.3) is 0 Å². The normalized spacial score (nSPS) is 11.9. The molecule has 1 rings (SSSR count). The molecule has 0 bridgehead atoms. The summed E-state index contributed by atoms with van der Waals surface area (Å²) in [5.74, 6) is 0. The SMILES string of the molecule is CCC(C)(C)NCCc1ccc[nH]1. The number of aromatic nitrogens is 1. The first-order chi connectivity index (χ1) is 6.14. The molecule has 0 aliphatic carbocycles. The summed E-state index contributed by atoms with van der Waals surface area (Å²) in [6.07, 6.45) is 4.22. The summed E-state index contributed by atoms with van der Waals surface area (Å²) in [6, 6.07) is 4.17. The van der Waals surface area contributed by atoms with Crippen molar-refractivity contribution in [3.05, 3.63) is 24.0 Å². The van der Waals surface area contributed by atoms with Crippen LogP contribution in [-0.2, 0) is 6.42 Å². The lowest BCUT2D eigenvalue weighted by atomic mass is 10.0. The lowest BCUT2D eigenvalue weighted by Crippen LogP contribution is -2.39. The first-order valence-electron chi connectivity index (χ1n) is 5.01. The first kappa shape index (κ1) is 10.3. The summed E-state index contributed by atoms with van der Waals surface area (Å²) in [6.45, 7) is 7.73. The third-order valence-corrected chi connectivity index (χ3v) is 2.54. The Morgan fingerprint density at radius 2 is 2.23 bits per heavy atom. The fourth-order valence-electron chi connectivity index (χ4n) is 1.18. The minimum absolute atomic E-state index is 0.270. The average molecular weight is 180 g/mol. The molecule has 0 saturated heterocycles. The van der Waals surface area contributed by atoms with Crippen molar-refractivity contribution in [2.24, 2.45) is 0 Å². The Kier molecular flexibility index (Phi) is 3.55. The van der Waals surface area contributed by atoms with Crippen LogP contribution in [-0.4, -0.2) is 17.1 Å². The lowest BCUT2D eigenvalue weighted by Gasteiger charge is -2.24. The molecule has 13 heavy (non-hydrogen) atoms. The van der Waals surface area contributed by atoms with Crippen molar-refractivity contribution < 1.29 is 0 Å². The minimum Gasteiger partial charge on any atom is -0.365 e. The monoisotopic (exact) mass is 180 g/mol. The minimum atomic E-state index is 0.270. The summed E-state index contributed by atoms with van der Waals surface area (Å²) < 4.78 is 0. The van der Waals surface area contributed by atoms with E-state index in [0.29, 0.717) is 0 Å². The second kappa shape index (κ2) is 4.47. The van der Waals surface area contributed by atoms with Crippen LogP contribution in [0.4, 0.5) is 0 Å². The number of rotatable bonds is 5.